The van der Waals surface area contributed by atoms with Crippen molar-refractivity contribution in [3.8, 4) is 11.3 Å². The van der Waals surface area contributed by atoms with Gasteiger partial charge in [0.05, 0.1) is 22.9 Å². The van der Waals surface area contributed by atoms with Crippen LogP contribution in [-0.2, 0) is 12.6 Å². The van der Waals surface area contributed by atoms with Crippen molar-refractivity contribution in [2.24, 2.45) is 0 Å². The van der Waals surface area contributed by atoms with Gasteiger partial charge in [-0.25, -0.2) is 14.8 Å². The largest absolute Gasteiger partial charge is 0.417 e. The fourth-order valence-electron chi connectivity index (χ4n) is 3.52. The summed E-state index contributed by atoms with van der Waals surface area (Å²) in [5, 5.41) is 2.70. The van der Waals surface area contributed by atoms with Crippen LogP contribution in [0.15, 0.2) is 72.9 Å². The maximum atomic E-state index is 13.2. The molecule has 0 fully saturated rings. The number of benzene rings is 3. The number of ketones is 1. The molecule has 5 nitrogen and oxygen atoms in total. The number of aromatic nitrogens is 2. The highest BCUT2D eigenvalue weighted by Crippen LogP contribution is 2.35. The van der Waals surface area contributed by atoms with E-state index in [0.717, 1.165) is 23.3 Å². The minimum absolute atomic E-state index is 0.213. The number of anilines is 2. The molecule has 0 aliphatic carbocycles. The molecule has 4 rings (SSSR count). The minimum Gasteiger partial charge on any atom is -0.324 e. The number of hydrogen-bond donors (Lipinski definition) is 1. The van der Waals surface area contributed by atoms with Crippen LogP contribution in [0.3, 0.4) is 0 Å². The molecule has 180 valence electrons. The van der Waals surface area contributed by atoms with Crippen LogP contribution in [0, 0.1) is 13.5 Å². The van der Waals surface area contributed by atoms with Crippen LogP contribution >= 0.6 is 11.6 Å². The van der Waals surface area contributed by atoms with Gasteiger partial charge in [-0.3, -0.25) is 4.79 Å². The molecule has 0 radical (unpaired) electrons. The van der Waals surface area contributed by atoms with E-state index in [9.17, 15) is 18.0 Å². The third-order valence-corrected chi connectivity index (χ3v) is 5.78. The van der Waals surface area contributed by atoms with Crippen molar-refractivity contribution < 1.29 is 18.0 Å². The van der Waals surface area contributed by atoms with Crippen LogP contribution in [0.1, 0.15) is 27.0 Å². The SMILES string of the molecule is [C-]#[N+]c1ccc(-c2ccnc(Nc3cc(C(=O)Cc4ccc(Cl)c(C(F)(F)F)c4)ccc3C)n2)cc1. The lowest BCUT2D eigenvalue weighted by atomic mass is 9.99. The van der Waals surface area contributed by atoms with Gasteiger partial charge in [0.2, 0.25) is 5.95 Å². The molecule has 0 saturated carbocycles. The average Bonchev–Trinajstić information content (AvgIpc) is 2.86. The minimum atomic E-state index is -4.61. The van der Waals surface area contributed by atoms with E-state index >= 15 is 0 Å². The van der Waals surface area contributed by atoms with Gasteiger partial charge in [-0.2, -0.15) is 13.2 Å². The summed E-state index contributed by atoms with van der Waals surface area (Å²) in [7, 11) is 0. The average molecular weight is 507 g/mol. The Morgan fingerprint density at radius 2 is 1.81 bits per heavy atom. The molecule has 0 amide bonds. The molecule has 1 aromatic heterocycles. The zero-order valence-electron chi connectivity index (χ0n) is 18.9. The Morgan fingerprint density at radius 1 is 1.06 bits per heavy atom. The van der Waals surface area contributed by atoms with E-state index in [1.54, 1.807) is 54.7 Å². The van der Waals surface area contributed by atoms with E-state index < -0.39 is 16.8 Å². The monoisotopic (exact) mass is 506 g/mol. The number of halogens is 4. The van der Waals surface area contributed by atoms with Gasteiger partial charge in [0.25, 0.3) is 0 Å². The van der Waals surface area contributed by atoms with E-state index in [-0.39, 0.29) is 17.8 Å². The molecule has 0 spiro atoms. The van der Waals surface area contributed by atoms with Gasteiger partial charge in [-0.05, 0) is 47.9 Å². The zero-order chi connectivity index (χ0) is 25.9. The Morgan fingerprint density at radius 3 is 2.50 bits per heavy atom. The van der Waals surface area contributed by atoms with Crippen molar-refractivity contribution in [1.82, 2.24) is 9.97 Å². The molecule has 0 aliphatic rings. The van der Waals surface area contributed by atoms with Crippen LogP contribution in [0.25, 0.3) is 16.1 Å². The molecule has 1 heterocycles. The molecule has 0 unspecified atom stereocenters. The third kappa shape index (κ3) is 5.70. The summed E-state index contributed by atoms with van der Waals surface area (Å²) in [5.41, 5.74) is 2.98. The molecule has 0 atom stereocenters. The number of nitrogens with zero attached hydrogens (tertiary/aromatic N) is 3. The zero-order valence-corrected chi connectivity index (χ0v) is 19.7. The molecule has 0 saturated heterocycles. The summed E-state index contributed by atoms with van der Waals surface area (Å²) in [6.45, 7) is 8.91. The van der Waals surface area contributed by atoms with E-state index in [2.05, 4.69) is 20.1 Å². The van der Waals surface area contributed by atoms with Crippen molar-refractivity contribution in [3.63, 3.8) is 0 Å². The first-order valence-electron chi connectivity index (χ1n) is 10.7. The predicted molar refractivity (Wildman–Crippen MR) is 133 cm³/mol. The summed E-state index contributed by atoms with van der Waals surface area (Å²) < 4.78 is 39.5. The van der Waals surface area contributed by atoms with Gasteiger partial charge in [-0.1, -0.05) is 54.1 Å². The molecule has 0 bridgehead atoms. The standard InChI is InChI=1S/C27H18ClF3N4O/c1-16-3-5-19(25(36)14-17-4-10-22(28)21(13-17)27(29,30)31)15-24(16)35-26-33-12-11-23(34-26)18-6-8-20(32-2)9-7-18/h3-13,15H,14H2,1H3,(H,33,34,35). The van der Waals surface area contributed by atoms with Gasteiger partial charge in [0, 0.05) is 23.9 Å². The van der Waals surface area contributed by atoms with Gasteiger partial charge < -0.3 is 5.32 Å². The van der Waals surface area contributed by atoms with Crippen LogP contribution in [0.5, 0.6) is 0 Å². The lowest BCUT2D eigenvalue weighted by Gasteiger charge is -2.12. The molecular formula is C27H18ClF3N4O. The van der Waals surface area contributed by atoms with Crippen molar-refractivity contribution >= 4 is 34.7 Å². The predicted octanol–water partition coefficient (Wildman–Crippen LogP) is 7.84. The number of aryl methyl sites for hydroxylation is 1. The normalized spacial score (nSPS) is 11.1. The van der Waals surface area contributed by atoms with Gasteiger partial charge in [0.15, 0.2) is 11.5 Å². The summed E-state index contributed by atoms with van der Waals surface area (Å²) in [6.07, 6.45) is -3.23. The van der Waals surface area contributed by atoms with E-state index in [0.29, 0.717) is 28.6 Å². The maximum absolute atomic E-state index is 13.2. The van der Waals surface area contributed by atoms with Gasteiger partial charge in [-0.15, -0.1) is 0 Å². The topological polar surface area (TPSA) is 59.2 Å². The van der Waals surface area contributed by atoms with Crippen LogP contribution in [0.4, 0.5) is 30.5 Å². The van der Waals surface area contributed by atoms with Crippen LogP contribution in [-0.4, -0.2) is 15.8 Å². The molecule has 3 aromatic carbocycles. The summed E-state index contributed by atoms with van der Waals surface area (Å²) in [5.74, 6) is -0.0370. The van der Waals surface area contributed by atoms with E-state index in [4.69, 9.17) is 18.2 Å². The molecule has 0 aliphatic heterocycles. The van der Waals surface area contributed by atoms with Crippen LogP contribution in [0.2, 0.25) is 5.02 Å². The first kappa shape index (κ1) is 24.9. The molecule has 4 aromatic rings. The van der Waals surface area contributed by atoms with Gasteiger partial charge in [0.1, 0.15) is 0 Å². The first-order valence-corrected chi connectivity index (χ1v) is 11.1. The maximum Gasteiger partial charge on any atom is 0.417 e. The number of alkyl halides is 3. The Balaban J connectivity index is 1.55. The second-order valence-corrected chi connectivity index (χ2v) is 8.40. The summed E-state index contributed by atoms with van der Waals surface area (Å²) in [6, 6.07) is 17.2. The Kier molecular flexibility index (Phi) is 7.04. The first-order chi connectivity index (χ1) is 17.1. The molecule has 9 heteroatoms. The second kappa shape index (κ2) is 10.2. The summed E-state index contributed by atoms with van der Waals surface area (Å²) in [4.78, 5) is 25.0. The van der Waals surface area contributed by atoms with Crippen molar-refractivity contribution in [2.75, 3.05) is 5.32 Å². The lowest BCUT2D eigenvalue weighted by Crippen LogP contribution is -2.09. The Labute approximate surface area is 210 Å². The highest BCUT2D eigenvalue weighted by atomic mass is 35.5. The third-order valence-electron chi connectivity index (χ3n) is 5.45. The number of nitrogens with one attached hydrogen (secondary N) is 1. The number of rotatable bonds is 6. The van der Waals surface area contributed by atoms with Gasteiger partial charge >= 0.3 is 6.18 Å². The molecule has 36 heavy (non-hydrogen) atoms. The Hall–Kier alpha value is -4.22. The number of hydrogen-bond acceptors (Lipinski definition) is 4. The quantitative estimate of drug-likeness (QED) is 0.214. The van der Waals surface area contributed by atoms with Crippen molar-refractivity contribution in [3.05, 3.63) is 112 Å². The molecular weight excluding hydrogens is 489 g/mol. The number of carbonyl (C=O) groups excluding carboxylic acids is 1. The smallest absolute Gasteiger partial charge is 0.324 e. The summed E-state index contributed by atoms with van der Waals surface area (Å²) >= 11 is 5.68. The van der Waals surface area contributed by atoms with Crippen molar-refractivity contribution in [1.29, 1.82) is 0 Å². The lowest BCUT2D eigenvalue weighted by molar-refractivity contribution is -0.137. The fourth-order valence-corrected chi connectivity index (χ4v) is 3.75. The van der Waals surface area contributed by atoms with Crippen molar-refractivity contribution in [2.45, 2.75) is 19.5 Å². The highest BCUT2D eigenvalue weighted by molar-refractivity contribution is 6.31. The number of carbonyl (C=O) groups is 1. The number of Topliss-reactive ketones (excluding diaryl/α,β-unsaturated/α-hetero) is 1. The fraction of sp³-hybridized carbons (Fsp3) is 0.111. The highest BCUT2D eigenvalue weighted by Gasteiger charge is 2.33. The van der Waals surface area contributed by atoms with E-state index in [1.807, 2.05) is 6.92 Å². The molecule has 1 N–H and O–H groups in total. The second-order valence-electron chi connectivity index (χ2n) is 7.99. The van der Waals surface area contributed by atoms with E-state index in [1.165, 1.54) is 6.07 Å². The Bertz CT molecular complexity index is 1480. The van der Waals surface area contributed by atoms with Crippen LogP contribution < -0.4 is 5.32 Å².